The fraction of sp³-hybridized carbons (Fsp3) is 0.591. The van der Waals surface area contributed by atoms with Crippen molar-refractivity contribution < 1.29 is 28.5 Å². The van der Waals surface area contributed by atoms with Gasteiger partial charge in [-0.25, -0.2) is 9.59 Å². The van der Waals surface area contributed by atoms with Crippen molar-refractivity contribution in [2.24, 2.45) is 0 Å². The molecule has 0 amide bonds. The Morgan fingerprint density at radius 3 is 1.87 bits per heavy atom. The monoisotopic (exact) mass is 718 g/mol. The second kappa shape index (κ2) is 21.6. The standard InChI is InChI=1S/C44H66N2O6/c1-9-10-11-12-13-14-15-16-17-18-19-20-21-22-23-24-31-46(33-34-25-27-35(28-26-34)43(2,3)4)40(39-41(47)51-44(5,6)52-42(39)48)45-37-30-29-36(49-7)32-38(37)50-8/h16-17,25-30,32,45H,9-15,18-24,31,33H2,1-8H3. The Morgan fingerprint density at radius 2 is 1.33 bits per heavy atom. The SMILES string of the molecule is CCCCCCCCC=CCCCCCCCCN(Cc1ccc(C(C)(C)C)cc1)C(Nc1ccc(OC)cc1OC)=C1C(=O)OC(C)(C)OC1=O. The van der Waals surface area contributed by atoms with Crippen molar-refractivity contribution in [3.63, 3.8) is 0 Å². The predicted octanol–water partition coefficient (Wildman–Crippen LogP) is 11.0. The quantitative estimate of drug-likeness (QED) is 0.0399. The van der Waals surface area contributed by atoms with Gasteiger partial charge in [-0.3, -0.25) is 0 Å². The van der Waals surface area contributed by atoms with E-state index in [1.54, 1.807) is 40.2 Å². The van der Waals surface area contributed by atoms with Gasteiger partial charge in [-0.2, -0.15) is 0 Å². The smallest absolute Gasteiger partial charge is 0.352 e. The van der Waals surface area contributed by atoms with Crippen LogP contribution in [0.15, 0.2) is 66.0 Å². The molecule has 0 atom stereocenters. The van der Waals surface area contributed by atoms with Crippen LogP contribution in [0.3, 0.4) is 0 Å². The highest BCUT2D eigenvalue weighted by atomic mass is 16.7. The van der Waals surface area contributed by atoms with Crippen molar-refractivity contribution in [2.75, 3.05) is 26.1 Å². The maximum absolute atomic E-state index is 13.5. The molecule has 1 heterocycles. The number of hydrogen-bond donors (Lipinski definition) is 1. The Bertz CT molecular complexity index is 1430. The average Bonchev–Trinajstić information content (AvgIpc) is 3.09. The van der Waals surface area contributed by atoms with Gasteiger partial charge in [0.25, 0.3) is 5.79 Å². The topological polar surface area (TPSA) is 86.3 Å². The first-order valence-corrected chi connectivity index (χ1v) is 19.6. The molecule has 3 rings (SSSR count). The van der Waals surface area contributed by atoms with Gasteiger partial charge < -0.3 is 29.2 Å². The number of methoxy groups -OCH3 is 2. The number of hydrogen-bond acceptors (Lipinski definition) is 8. The molecule has 288 valence electrons. The lowest BCUT2D eigenvalue weighted by atomic mass is 9.87. The maximum atomic E-state index is 13.5. The number of unbranched alkanes of at least 4 members (excludes halogenated alkanes) is 12. The van der Waals surface area contributed by atoms with E-state index < -0.39 is 17.7 Å². The van der Waals surface area contributed by atoms with Gasteiger partial charge in [-0.1, -0.05) is 122 Å². The number of nitrogens with one attached hydrogen (secondary N) is 1. The molecule has 52 heavy (non-hydrogen) atoms. The molecule has 2 aromatic carbocycles. The van der Waals surface area contributed by atoms with Crippen molar-refractivity contribution in [1.82, 2.24) is 4.90 Å². The summed E-state index contributed by atoms with van der Waals surface area (Å²) in [6.07, 6.45) is 21.8. The summed E-state index contributed by atoms with van der Waals surface area (Å²) < 4.78 is 22.3. The third-order valence-electron chi connectivity index (χ3n) is 9.43. The number of carbonyl (C=O) groups excluding carboxylic acids is 2. The molecule has 0 bridgehead atoms. The molecular formula is C44H66N2O6. The lowest BCUT2D eigenvalue weighted by Crippen LogP contribution is -2.44. The molecule has 1 N–H and O–H groups in total. The van der Waals surface area contributed by atoms with Crippen molar-refractivity contribution in [2.45, 2.75) is 149 Å². The van der Waals surface area contributed by atoms with E-state index in [9.17, 15) is 9.59 Å². The van der Waals surface area contributed by atoms with Crippen molar-refractivity contribution in [3.8, 4) is 11.5 Å². The van der Waals surface area contributed by atoms with Crippen LogP contribution in [0.1, 0.15) is 143 Å². The van der Waals surface area contributed by atoms with Crippen molar-refractivity contribution in [1.29, 1.82) is 0 Å². The first-order chi connectivity index (χ1) is 24.9. The fourth-order valence-corrected chi connectivity index (χ4v) is 6.33. The van der Waals surface area contributed by atoms with Crippen molar-refractivity contribution in [3.05, 3.63) is 77.1 Å². The summed E-state index contributed by atoms with van der Waals surface area (Å²) >= 11 is 0. The Labute approximate surface area is 314 Å². The van der Waals surface area contributed by atoms with Gasteiger partial charge in [0.15, 0.2) is 5.57 Å². The van der Waals surface area contributed by atoms with Gasteiger partial charge in [0.1, 0.15) is 17.3 Å². The van der Waals surface area contributed by atoms with Gasteiger partial charge in [-0.05, 0) is 60.8 Å². The van der Waals surface area contributed by atoms with Gasteiger partial charge >= 0.3 is 11.9 Å². The second-order valence-corrected chi connectivity index (χ2v) is 15.4. The summed E-state index contributed by atoms with van der Waals surface area (Å²) in [4.78, 5) is 29.1. The summed E-state index contributed by atoms with van der Waals surface area (Å²) in [5.41, 5.74) is 2.71. The molecule has 1 aliphatic rings. The predicted molar refractivity (Wildman–Crippen MR) is 211 cm³/mol. The largest absolute Gasteiger partial charge is 0.497 e. The highest BCUT2D eigenvalue weighted by Gasteiger charge is 2.42. The molecule has 1 fully saturated rings. The lowest BCUT2D eigenvalue weighted by molar-refractivity contribution is -0.222. The Kier molecular flexibility index (Phi) is 17.6. The molecular weight excluding hydrogens is 652 g/mol. The summed E-state index contributed by atoms with van der Waals surface area (Å²) in [5, 5.41) is 3.39. The number of rotatable bonds is 23. The van der Waals surface area contributed by atoms with Crippen LogP contribution in [0, 0.1) is 0 Å². The van der Waals surface area contributed by atoms with Gasteiger partial charge in [-0.15, -0.1) is 0 Å². The zero-order chi connectivity index (χ0) is 38.0. The first kappa shape index (κ1) is 42.5. The second-order valence-electron chi connectivity index (χ2n) is 15.4. The molecule has 0 unspecified atom stereocenters. The molecule has 1 aliphatic heterocycles. The van der Waals surface area contributed by atoms with Crippen LogP contribution in [0.4, 0.5) is 5.69 Å². The van der Waals surface area contributed by atoms with E-state index in [0.29, 0.717) is 36.1 Å². The zero-order valence-corrected chi connectivity index (χ0v) is 33.4. The summed E-state index contributed by atoms with van der Waals surface area (Å²) in [6.45, 7) is 13.0. The number of ether oxygens (including phenoxy) is 4. The molecule has 2 aromatic rings. The van der Waals surface area contributed by atoms with Crippen LogP contribution < -0.4 is 14.8 Å². The van der Waals surface area contributed by atoms with E-state index in [4.69, 9.17) is 18.9 Å². The van der Waals surface area contributed by atoms with Gasteiger partial charge in [0, 0.05) is 33.0 Å². The number of esters is 2. The van der Waals surface area contributed by atoms with Crippen molar-refractivity contribution >= 4 is 17.6 Å². The molecule has 0 aromatic heterocycles. The molecule has 1 saturated heterocycles. The zero-order valence-electron chi connectivity index (χ0n) is 33.4. The van der Waals surface area contributed by atoms with E-state index in [-0.39, 0.29) is 11.0 Å². The Morgan fingerprint density at radius 1 is 0.769 bits per heavy atom. The number of allylic oxidation sites excluding steroid dienone is 2. The minimum absolute atomic E-state index is 0.0179. The third kappa shape index (κ3) is 14.2. The molecule has 8 nitrogen and oxygen atoms in total. The van der Waals surface area contributed by atoms with Crippen LogP contribution in [0.25, 0.3) is 0 Å². The van der Waals surface area contributed by atoms with Crippen LogP contribution in [0.5, 0.6) is 11.5 Å². The van der Waals surface area contributed by atoms with Crippen LogP contribution in [-0.2, 0) is 31.0 Å². The summed E-state index contributed by atoms with van der Waals surface area (Å²) in [5.74, 6) is -1.38. The number of carbonyl (C=O) groups is 2. The molecule has 0 saturated carbocycles. The summed E-state index contributed by atoms with van der Waals surface area (Å²) in [6, 6.07) is 13.9. The minimum atomic E-state index is -1.36. The van der Waals surface area contributed by atoms with Gasteiger partial charge in [0.05, 0.1) is 19.9 Å². The van der Waals surface area contributed by atoms with E-state index in [2.05, 4.69) is 74.3 Å². The molecule has 0 spiro atoms. The van der Waals surface area contributed by atoms with E-state index >= 15 is 0 Å². The number of nitrogens with zero attached hydrogens (tertiary/aromatic N) is 1. The van der Waals surface area contributed by atoms with Gasteiger partial charge in [0.2, 0.25) is 0 Å². The molecule has 8 heteroatoms. The number of benzene rings is 2. The highest BCUT2D eigenvalue weighted by Crippen LogP contribution is 2.34. The Hall–Kier alpha value is -3.94. The molecule has 0 radical (unpaired) electrons. The van der Waals surface area contributed by atoms with Crippen LogP contribution >= 0.6 is 0 Å². The minimum Gasteiger partial charge on any atom is -0.497 e. The van der Waals surface area contributed by atoms with Crippen LogP contribution in [0.2, 0.25) is 0 Å². The van der Waals surface area contributed by atoms with E-state index in [0.717, 1.165) is 31.2 Å². The van der Waals surface area contributed by atoms with E-state index in [1.165, 1.54) is 69.8 Å². The average molecular weight is 719 g/mol. The maximum Gasteiger partial charge on any atom is 0.352 e. The number of anilines is 1. The van der Waals surface area contributed by atoms with Crippen LogP contribution in [-0.4, -0.2) is 43.4 Å². The lowest BCUT2D eigenvalue weighted by Gasteiger charge is -2.34. The normalized spacial score (nSPS) is 14.3. The number of cyclic esters (lactones) is 2. The first-order valence-electron chi connectivity index (χ1n) is 19.6. The fourth-order valence-electron chi connectivity index (χ4n) is 6.33. The van der Waals surface area contributed by atoms with E-state index in [1.807, 2.05) is 6.07 Å². The Balaban J connectivity index is 1.74. The highest BCUT2D eigenvalue weighted by molar-refractivity contribution is 6.16. The third-order valence-corrected chi connectivity index (χ3v) is 9.43. The summed E-state index contributed by atoms with van der Waals surface area (Å²) in [7, 11) is 3.16. The molecule has 0 aliphatic carbocycles.